The van der Waals surface area contributed by atoms with Crippen LogP contribution in [0.15, 0.2) is 35.2 Å². The van der Waals surface area contributed by atoms with Gasteiger partial charge in [-0.3, -0.25) is 0 Å². The molecule has 0 aliphatic heterocycles. The first-order valence-corrected chi connectivity index (χ1v) is 7.15. The summed E-state index contributed by atoms with van der Waals surface area (Å²) in [5.41, 5.74) is 4.48. The van der Waals surface area contributed by atoms with Crippen molar-refractivity contribution in [2.75, 3.05) is 5.75 Å². The Morgan fingerprint density at radius 1 is 1.22 bits per heavy atom. The first kappa shape index (κ1) is 13.2. The van der Waals surface area contributed by atoms with Gasteiger partial charge in [-0.2, -0.15) is 0 Å². The highest BCUT2D eigenvalue weighted by Crippen LogP contribution is 2.27. The zero-order valence-electron chi connectivity index (χ0n) is 11.1. The number of benzene rings is 1. The summed E-state index contributed by atoms with van der Waals surface area (Å²) in [5.74, 6) is 1.09. The van der Waals surface area contributed by atoms with E-state index in [2.05, 4.69) is 41.8 Å². The molecule has 2 rings (SSSR count). The van der Waals surface area contributed by atoms with E-state index in [0.29, 0.717) is 0 Å². The Hall–Kier alpha value is -1.19. The summed E-state index contributed by atoms with van der Waals surface area (Å²) in [5, 5.41) is 9.30. The molecule has 0 spiro atoms. The van der Waals surface area contributed by atoms with Crippen molar-refractivity contribution in [2.45, 2.75) is 25.3 Å². The van der Waals surface area contributed by atoms with Crippen molar-refractivity contribution in [2.24, 2.45) is 7.05 Å². The van der Waals surface area contributed by atoms with Crippen molar-refractivity contribution in [3.63, 3.8) is 0 Å². The first-order valence-electron chi connectivity index (χ1n) is 6.16. The molecule has 1 aromatic heterocycles. The van der Waals surface area contributed by atoms with Crippen molar-refractivity contribution in [3.05, 3.63) is 41.6 Å². The quantitative estimate of drug-likeness (QED) is 0.851. The Kier molecular flexibility index (Phi) is 4.15. The maximum Gasteiger partial charge on any atom is 0.0699 e. The molecule has 1 aromatic carbocycles. The van der Waals surface area contributed by atoms with Crippen molar-refractivity contribution < 1.29 is 5.11 Å². The number of thioether (sulfide) groups is 1. The molecule has 0 saturated carbocycles. The highest BCUT2D eigenvalue weighted by Gasteiger charge is 2.09. The molecule has 2 aromatic rings. The van der Waals surface area contributed by atoms with Crippen molar-refractivity contribution in [1.82, 2.24) is 4.57 Å². The summed E-state index contributed by atoms with van der Waals surface area (Å²) >= 11 is 1.85. The Balaban J connectivity index is 2.36. The van der Waals surface area contributed by atoms with Crippen molar-refractivity contribution >= 4 is 11.8 Å². The maximum absolute atomic E-state index is 9.30. The van der Waals surface area contributed by atoms with E-state index in [1.54, 1.807) is 0 Å². The minimum absolute atomic E-state index is 0.101. The van der Waals surface area contributed by atoms with Crippen LogP contribution in [-0.4, -0.2) is 15.4 Å². The monoisotopic (exact) mass is 261 g/mol. The molecule has 0 amide bonds. The van der Waals surface area contributed by atoms with Crippen LogP contribution < -0.4 is 0 Å². The van der Waals surface area contributed by atoms with E-state index in [0.717, 1.165) is 22.7 Å². The maximum atomic E-state index is 9.30. The van der Waals surface area contributed by atoms with Gasteiger partial charge in [0.1, 0.15) is 0 Å². The third-order valence-corrected chi connectivity index (χ3v) is 4.17. The summed E-state index contributed by atoms with van der Waals surface area (Å²) < 4.78 is 2.13. The summed E-state index contributed by atoms with van der Waals surface area (Å²) in [6, 6.07) is 10.7. The number of hydrogen-bond acceptors (Lipinski definition) is 2. The topological polar surface area (TPSA) is 25.2 Å². The molecule has 0 radical (unpaired) electrons. The van der Waals surface area contributed by atoms with Gasteiger partial charge < -0.3 is 9.67 Å². The van der Waals surface area contributed by atoms with E-state index < -0.39 is 0 Å². The molecule has 2 nitrogen and oxygen atoms in total. The van der Waals surface area contributed by atoms with Gasteiger partial charge in [0.15, 0.2) is 0 Å². The van der Waals surface area contributed by atoms with Crippen LogP contribution in [0.4, 0.5) is 0 Å². The third kappa shape index (κ3) is 2.47. The average Bonchev–Trinajstić information content (AvgIpc) is 2.68. The van der Waals surface area contributed by atoms with Crippen LogP contribution in [-0.2, 0) is 13.7 Å². The van der Waals surface area contributed by atoms with Gasteiger partial charge in [0.25, 0.3) is 0 Å². The predicted molar refractivity (Wildman–Crippen MR) is 77.9 cm³/mol. The molecule has 1 N–H and O–H groups in total. The lowest BCUT2D eigenvalue weighted by Crippen LogP contribution is -1.95. The van der Waals surface area contributed by atoms with Gasteiger partial charge in [0, 0.05) is 23.3 Å². The largest absolute Gasteiger partial charge is 0.392 e. The standard InChI is InChI=1S/C15H19NOS/c1-4-18-14-7-5-12(6-8-14)15-9-13(10-17)11(2)16(15)3/h5-9,17H,4,10H2,1-3H3. The minimum Gasteiger partial charge on any atom is -0.392 e. The number of aliphatic hydroxyl groups excluding tert-OH is 1. The van der Waals surface area contributed by atoms with Gasteiger partial charge in [0.05, 0.1) is 6.61 Å². The molecule has 0 atom stereocenters. The summed E-state index contributed by atoms with van der Waals surface area (Å²) in [6.45, 7) is 4.30. The van der Waals surface area contributed by atoms with E-state index in [9.17, 15) is 5.11 Å². The second-order valence-electron chi connectivity index (χ2n) is 4.31. The lowest BCUT2D eigenvalue weighted by Gasteiger charge is -2.06. The highest BCUT2D eigenvalue weighted by molar-refractivity contribution is 7.99. The fourth-order valence-corrected chi connectivity index (χ4v) is 2.75. The third-order valence-electron chi connectivity index (χ3n) is 3.27. The normalized spacial score (nSPS) is 10.9. The summed E-state index contributed by atoms with van der Waals surface area (Å²) in [4.78, 5) is 1.30. The van der Waals surface area contributed by atoms with Crippen molar-refractivity contribution in [3.8, 4) is 11.3 Å². The Morgan fingerprint density at radius 2 is 1.89 bits per heavy atom. The lowest BCUT2D eigenvalue weighted by molar-refractivity contribution is 0.281. The van der Waals surface area contributed by atoms with Gasteiger partial charge in [0.2, 0.25) is 0 Å². The van der Waals surface area contributed by atoms with Crippen LogP contribution in [0.5, 0.6) is 0 Å². The van der Waals surface area contributed by atoms with Gasteiger partial charge in [-0.1, -0.05) is 19.1 Å². The van der Waals surface area contributed by atoms with Gasteiger partial charge in [-0.15, -0.1) is 11.8 Å². The first-order chi connectivity index (χ1) is 8.67. The number of aromatic nitrogens is 1. The average molecular weight is 261 g/mol. The minimum atomic E-state index is 0.101. The molecule has 0 aliphatic carbocycles. The van der Waals surface area contributed by atoms with E-state index in [4.69, 9.17) is 0 Å². The van der Waals surface area contributed by atoms with E-state index >= 15 is 0 Å². The van der Waals surface area contributed by atoms with Gasteiger partial charge in [-0.25, -0.2) is 0 Å². The van der Waals surface area contributed by atoms with Crippen LogP contribution in [0.3, 0.4) is 0 Å². The number of rotatable bonds is 4. The zero-order valence-corrected chi connectivity index (χ0v) is 11.9. The molecule has 18 heavy (non-hydrogen) atoms. The van der Waals surface area contributed by atoms with Crippen LogP contribution in [0.25, 0.3) is 11.3 Å². The molecular weight excluding hydrogens is 242 g/mol. The van der Waals surface area contributed by atoms with E-state index in [1.807, 2.05) is 25.7 Å². The molecular formula is C15H19NOS. The smallest absolute Gasteiger partial charge is 0.0699 e. The Labute approximate surface area is 113 Å². The molecule has 0 unspecified atom stereocenters. The predicted octanol–water partition coefficient (Wildman–Crippen LogP) is 3.60. The summed E-state index contributed by atoms with van der Waals surface area (Å²) in [6.07, 6.45) is 0. The van der Waals surface area contributed by atoms with Crippen LogP contribution >= 0.6 is 11.8 Å². The van der Waals surface area contributed by atoms with Crippen molar-refractivity contribution in [1.29, 1.82) is 0 Å². The number of aliphatic hydroxyl groups is 1. The molecule has 0 fully saturated rings. The number of nitrogens with zero attached hydrogens (tertiary/aromatic N) is 1. The highest BCUT2D eigenvalue weighted by atomic mass is 32.2. The second-order valence-corrected chi connectivity index (χ2v) is 5.65. The van der Waals surface area contributed by atoms with Gasteiger partial charge in [-0.05, 0) is 42.0 Å². The van der Waals surface area contributed by atoms with Crippen LogP contribution in [0.2, 0.25) is 0 Å². The number of hydrogen-bond donors (Lipinski definition) is 1. The fraction of sp³-hybridized carbons (Fsp3) is 0.333. The molecule has 0 saturated heterocycles. The molecule has 3 heteroatoms. The Bertz CT molecular complexity index is 528. The molecule has 0 bridgehead atoms. The SMILES string of the molecule is CCSc1ccc(-c2cc(CO)c(C)n2C)cc1. The van der Waals surface area contributed by atoms with E-state index in [-0.39, 0.29) is 6.61 Å². The van der Waals surface area contributed by atoms with Gasteiger partial charge >= 0.3 is 0 Å². The second kappa shape index (κ2) is 5.63. The van der Waals surface area contributed by atoms with Crippen LogP contribution in [0.1, 0.15) is 18.2 Å². The zero-order chi connectivity index (χ0) is 13.1. The Morgan fingerprint density at radius 3 is 2.39 bits per heavy atom. The molecule has 96 valence electrons. The molecule has 1 heterocycles. The van der Waals surface area contributed by atoms with Crippen LogP contribution in [0, 0.1) is 6.92 Å². The summed E-state index contributed by atoms with van der Waals surface area (Å²) in [7, 11) is 2.04. The van der Waals surface area contributed by atoms with E-state index in [1.165, 1.54) is 10.5 Å². The molecule has 0 aliphatic rings. The fourth-order valence-electron chi connectivity index (χ4n) is 2.09. The lowest BCUT2D eigenvalue weighted by atomic mass is 10.1.